The van der Waals surface area contributed by atoms with Crippen LogP contribution in [0.1, 0.15) is 18.0 Å². The smallest absolute Gasteiger partial charge is 0.320 e. The van der Waals surface area contributed by atoms with E-state index in [1.165, 1.54) is 0 Å². The summed E-state index contributed by atoms with van der Waals surface area (Å²) in [5.41, 5.74) is 1.04. The number of carbonyl (C=O) groups excluding carboxylic acids is 1. The molecule has 1 unspecified atom stereocenters. The van der Waals surface area contributed by atoms with Crippen LogP contribution < -0.4 is 0 Å². The summed E-state index contributed by atoms with van der Waals surface area (Å²) in [6.07, 6.45) is -0.0230. The summed E-state index contributed by atoms with van der Waals surface area (Å²) in [4.78, 5) is 25.9. The second kappa shape index (κ2) is 5.61. The third-order valence-corrected chi connectivity index (χ3v) is 3.76. The van der Waals surface area contributed by atoms with Gasteiger partial charge in [0.1, 0.15) is 0 Å². The molecule has 102 valence electrons. The van der Waals surface area contributed by atoms with Gasteiger partial charge in [0, 0.05) is 24.6 Å². The fraction of sp³-hybridized carbons (Fsp3) is 0.385. The van der Waals surface area contributed by atoms with Gasteiger partial charge in [0.25, 0.3) is 0 Å². The van der Waals surface area contributed by atoms with Crippen molar-refractivity contribution < 1.29 is 14.7 Å². The second-order valence-corrected chi connectivity index (χ2v) is 5.47. The first-order valence-electron chi connectivity index (χ1n) is 5.98. The second-order valence-electron chi connectivity index (χ2n) is 4.55. The first-order chi connectivity index (χ1) is 8.99. The number of carbonyl (C=O) groups is 2. The normalized spacial score (nSPS) is 19.1. The SMILES string of the molecule is CN1C(=O)N(CCC(=O)O)CC1c1cccc(Br)c1. The number of rotatable bonds is 4. The molecular weight excluding hydrogens is 312 g/mol. The summed E-state index contributed by atoms with van der Waals surface area (Å²) in [6, 6.07) is 7.67. The van der Waals surface area contributed by atoms with Crippen LogP contribution >= 0.6 is 15.9 Å². The van der Waals surface area contributed by atoms with Gasteiger partial charge in [0.15, 0.2) is 0 Å². The van der Waals surface area contributed by atoms with E-state index in [-0.39, 0.29) is 25.0 Å². The first-order valence-corrected chi connectivity index (χ1v) is 6.77. The molecule has 0 aliphatic carbocycles. The maximum Gasteiger partial charge on any atom is 0.320 e. The van der Waals surface area contributed by atoms with Crippen LogP contribution in [0.3, 0.4) is 0 Å². The Morgan fingerprint density at radius 3 is 2.89 bits per heavy atom. The Balaban J connectivity index is 2.12. The summed E-state index contributed by atoms with van der Waals surface area (Å²) in [5, 5.41) is 8.69. The highest BCUT2D eigenvalue weighted by Crippen LogP contribution is 2.29. The Morgan fingerprint density at radius 2 is 2.26 bits per heavy atom. The summed E-state index contributed by atoms with van der Waals surface area (Å²) in [6.45, 7) is 0.780. The molecule has 0 radical (unpaired) electrons. The Labute approximate surface area is 119 Å². The predicted octanol–water partition coefficient (Wildman–Crippen LogP) is 2.33. The maximum absolute atomic E-state index is 12.0. The quantitative estimate of drug-likeness (QED) is 0.923. The molecule has 1 N–H and O–H groups in total. The van der Waals surface area contributed by atoms with Crippen molar-refractivity contribution in [3.05, 3.63) is 34.3 Å². The highest BCUT2D eigenvalue weighted by molar-refractivity contribution is 9.10. The lowest BCUT2D eigenvalue weighted by Crippen LogP contribution is -2.31. The van der Waals surface area contributed by atoms with Crippen LogP contribution in [0.4, 0.5) is 4.79 Å². The number of urea groups is 1. The number of aliphatic carboxylic acids is 1. The van der Waals surface area contributed by atoms with Gasteiger partial charge in [-0.15, -0.1) is 0 Å². The molecule has 19 heavy (non-hydrogen) atoms. The largest absolute Gasteiger partial charge is 0.481 e. The number of benzene rings is 1. The Kier molecular flexibility index (Phi) is 4.09. The molecule has 1 aliphatic heterocycles. The molecule has 1 heterocycles. The molecule has 2 rings (SSSR count). The average Bonchev–Trinajstić information content (AvgIpc) is 2.64. The van der Waals surface area contributed by atoms with Crippen molar-refractivity contribution in [2.45, 2.75) is 12.5 Å². The van der Waals surface area contributed by atoms with Crippen molar-refractivity contribution in [1.29, 1.82) is 0 Å². The zero-order valence-electron chi connectivity index (χ0n) is 10.5. The van der Waals surface area contributed by atoms with E-state index in [2.05, 4.69) is 15.9 Å². The van der Waals surface area contributed by atoms with Crippen molar-refractivity contribution >= 4 is 27.9 Å². The van der Waals surface area contributed by atoms with Crippen LogP contribution in [0.25, 0.3) is 0 Å². The van der Waals surface area contributed by atoms with Gasteiger partial charge in [-0.2, -0.15) is 0 Å². The van der Waals surface area contributed by atoms with Crippen LogP contribution in [0.2, 0.25) is 0 Å². The van der Waals surface area contributed by atoms with E-state index in [9.17, 15) is 9.59 Å². The molecule has 0 saturated carbocycles. The lowest BCUT2D eigenvalue weighted by atomic mass is 10.1. The Morgan fingerprint density at radius 1 is 1.53 bits per heavy atom. The monoisotopic (exact) mass is 326 g/mol. The molecule has 1 fully saturated rings. The van der Waals surface area contributed by atoms with Crippen molar-refractivity contribution in [2.24, 2.45) is 0 Å². The highest BCUT2D eigenvalue weighted by Gasteiger charge is 2.35. The maximum atomic E-state index is 12.0. The molecule has 1 aromatic carbocycles. The van der Waals surface area contributed by atoms with Gasteiger partial charge < -0.3 is 14.9 Å². The van der Waals surface area contributed by atoms with E-state index in [4.69, 9.17) is 5.11 Å². The van der Waals surface area contributed by atoms with E-state index in [1.54, 1.807) is 16.8 Å². The van der Waals surface area contributed by atoms with Crippen molar-refractivity contribution in [3.8, 4) is 0 Å². The highest BCUT2D eigenvalue weighted by atomic mass is 79.9. The third kappa shape index (κ3) is 3.07. The van der Waals surface area contributed by atoms with E-state index < -0.39 is 5.97 Å². The zero-order valence-corrected chi connectivity index (χ0v) is 12.1. The van der Waals surface area contributed by atoms with Crippen LogP contribution in [0.15, 0.2) is 28.7 Å². The van der Waals surface area contributed by atoms with Crippen LogP contribution in [-0.2, 0) is 4.79 Å². The molecule has 0 spiro atoms. The minimum Gasteiger partial charge on any atom is -0.481 e. The van der Waals surface area contributed by atoms with Gasteiger partial charge in [-0.1, -0.05) is 28.1 Å². The molecule has 5 nitrogen and oxygen atoms in total. The Bertz CT molecular complexity index is 506. The van der Waals surface area contributed by atoms with Crippen LogP contribution in [0.5, 0.6) is 0 Å². The Hall–Kier alpha value is -1.56. The fourth-order valence-corrected chi connectivity index (χ4v) is 2.64. The van der Waals surface area contributed by atoms with Gasteiger partial charge in [0.05, 0.1) is 12.5 Å². The van der Waals surface area contributed by atoms with Crippen molar-refractivity contribution in [3.63, 3.8) is 0 Å². The van der Waals surface area contributed by atoms with Gasteiger partial charge >= 0.3 is 12.0 Å². The summed E-state index contributed by atoms with van der Waals surface area (Å²) < 4.78 is 0.967. The molecule has 6 heteroatoms. The molecule has 1 aliphatic rings. The van der Waals surface area contributed by atoms with E-state index in [0.29, 0.717) is 6.54 Å². The average molecular weight is 327 g/mol. The molecule has 1 saturated heterocycles. The number of hydrogen-bond acceptors (Lipinski definition) is 2. The molecule has 1 aromatic rings. The molecule has 1 atom stereocenters. The number of likely N-dealkylation sites (N-methyl/N-ethyl adjacent to an activating group) is 1. The van der Waals surface area contributed by atoms with Crippen molar-refractivity contribution in [2.75, 3.05) is 20.1 Å². The van der Waals surface area contributed by atoms with Gasteiger partial charge in [-0.3, -0.25) is 4.79 Å². The van der Waals surface area contributed by atoms with Gasteiger partial charge in [-0.05, 0) is 17.7 Å². The summed E-state index contributed by atoms with van der Waals surface area (Å²) in [7, 11) is 1.74. The van der Waals surface area contributed by atoms with E-state index in [0.717, 1.165) is 10.0 Å². The topological polar surface area (TPSA) is 60.9 Å². The van der Waals surface area contributed by atoms with E-state index in [1.807, 2.05) is 24.3 Å². The van der Waals surface area contributed by atoms with Gasteiger partial charge in [-0.25, -0.2) is 4.79 Å². The number of carboxylic acids is 1. The van der Waals surface area contributed by atoms with Crippen LogP contribution in [-0.4, -0.2) is 47.0 Å². The summed E-state index contributed by atoms with van der Waals surface area (Å²) in [5.74, 6) is -0.888. The zero-order chi connectivity index (χ0) is 14.0. The van der Waals surface area contributed by atoms with Gasteiger partial charge in [0.2, 0.25) is 0 Å². The first kappa shape index (κ1) is 13.9. The number of hydrogen-bond donors (Lipinski definition) is 1. The predicted molar refractivity (Wildman–Crippen MR) is 73.9 cm³/mol. The van der Waals surface area contributed by atoms with E-state index >= 15 is 0 Å². The number of amides is 2. The number of nitrogens with zero attached hydrogens (tertiary/aromatic N) is 2. The lowest BCUT2D eigenvalue weighted by Gasteiger charge is -2.18. The molecule has 0 bridgehead atoms. The lowest BCUT2D eigenvalue weighted by molar-refractivity contribution is -0.137. The van der Waals surface area contributed by atoms with Crippen LogP contribution in [0, 0.1) is 0 Å². The molecular formula is C13H15BrN2O3. The molecule has 0 aromatic heterocycles. The standard InChI is InChI=1S/C13H15BrN2O3/c1-15-11(9-3-2-4-10(14)7-9)8-16(13(15)19)6-5-12(17)18/h2-4,7,11H,5-6,8H2,1H3,(H,17,18). The minimum atomic E-state index is -0.888. The number of carboxylic acid groups (broad SMARTS) is 1. The summed E-state index contributed by atoms with van der Waals surface area (Å²) >= 11 is 3.41. The third-order valence-electron chi connectivity index (χ3n) is 3.26. The minimum absolute atomic E-state index is 0.0230. The van der Waals surface area contributed by atoms with Crippen molar-refractivity contribution in [1.82, 2.24) is 9.80 Å². The number of halogens is 1. The fourth-order valence-electron chi connectivity index (χ4n) is 2.23. The molecule has 2 amide bonds.